The topological polar surface area (TPSA) is 61.9 Å². The van der Waals surface area contributed by atoms with Crippen molar-refractivity contribution in [3.8, 4) is 5.75 Å². The smallest absolute Gasteiger partial charge is 0.261 e. The predicted molar refractivity (Wildman–Crippen MR) is 110 cm³/mol. The average molecular weight is 410 g/mol. The van der Waals surface area contributed by atoms with Crippen molar-refractivity contribution in [1.29, 1.82) is 0 Å². The molecule has 2 aromatic carbocycles. The van der Waals surface area contributed by atoms with Gasteiger partial charge in [0.05, 0.1) is 28.4 Å². The maximum Gasteiger partial charge on any atom is 0.261 e. The van der Waals surface area contributed by atoms with Crippen molar-refractivity contribution in [2.24, 2.45) is 0 Å². The number of piperazine rings is 1. The molecule has 0 radical (unpaired) electrons. The van der Waals surface area contributed by atoms with Crippen LogP contribution < -0.4 is 14.4 Å². The molecule has 1 saturated heterocycles. The molecular formula is C19H24ClN3O3S. The number of nitrogens with zero attached hydrogens (tertiary/aromatic N) is 2. The van der Waals surface area contributed by atoms with E-state index in [2.05, 4.69) is 21.4 Å². The van der Waals surface area contributed by atoms with Gasteiger partial charge in [0.15, 0.2) is 0 Å². The van der Waals surface area contributed by atoms with Crippen LogP contribution in [0.15, 0.2) is 47.4 Å². The highest BCUT2D eigenvalue weighted by molar-refractivity contribution is 7.92. The lowest BCUT2D eigenvalue weighted by molar-refractivity contribution is 0.271. The van der Waals surface area contributed by atoms with E-state index in [9.17, 15) is 8.42 Å². The van der Waals surface area contributed by atoms with Crippen LogP contribution in [0.2, 0.25) is 5.02 Å². The Hall–Kier alpha value is -1.96. The Morgan fingerprint density at radius 2 is 1.74 bits per heavy atom. The second kappa shape index (κ2) is 8.37. The summed E-state index contributed by atoms with van der Waals surface area (Å²) in [6.07, 6.45) is 0. The quantitative estimate of drug-likeness (QED) is 0.793. The first-order valence-electron chi connectivity index (χ1n) is 8.87. The van der Waals surface area contributed by atoms with Crippen LogP contribution in [-0.2, 0) is 10.0 Å². The van der Waals surface area contributed by atoms with Gasteiger partial charge in [-0.3, -0.25) is 4.72 Å². The number of methoxy groups -OCH3 is 1. The third-order valence-corrected chi connectivity index (χ3v) is 6.42. The van der Waals surface area contributed by atoms with Gasteiger partial charge >= 0.3 is 0 Å². The average Bonchev–Trinajstić information content (AvgIpc) is 2.68. The van der Waals surface area contributed by atoms with Gasteiger partial charge in [-0.2, -0.15) is 0 Å². The molecule has 0 aromatic heterocycles. The summed E-state index contributed by atoms with van der Waals surface area (Å²) >= 11 is 6.44. The maximum atomic E-state index is 12.8. The number of rotatable bonds is 6. The summed E-state index contributed by atoms with van der Waals surface area (Å²) in [6, 6.07) is 11.6. The van der Waals surface area contributed by atoms with Crippen molar-refractivity contribution < 1.29 is 13.2 Å². The van der Waals surface area contributed by atoms with Crippen molar-refractivity contribution in [3.05, 3.63) is 47.5 Å². The molecule has 0 bridgehead atoms. The standard InChI is InChI=1S/C19H24ClN3O3S/c1-3-22-11-13-23(14-12-22)19-17(20)5-4-6-18(19)21-27(24,25)16-9-7-15(26-2)8-10-16/h4-10,21H,3,11-14H2,1-2H3. The first kappa shape index (κ1) is 19.8. The lowest BCUT2D eigenvalue weighted by Crippen LogP contribution is -2.46. The molecule has 0 aliphatic carbocycles. The van der Waals surface area contributed by atoms with Gasteiger partial charge < -0.3 is 14.5 Å². The summed E-state index contributed by atoms with van der Waals surface area (Å²) in [5.74, 6) is 0.603. The number of likely N-dealkylation sites (N-methyl/N-ethyl adjacent to an activating group) is 1. The number of sulfonamides is 1. The van der Waals surface area contributed by atoms with Crippen LogP contribution in [0.5, 0.6) is 5.75 Å². The fourth-order valence-electron chi connectivity index (χ4n) is 3.17. The number of para-hydroxylation sites is 1. The number of halogens is 1. The van der Waals surface area contributed by atoms with Crippen LogP contribution in [0.25, 0.3) is 0 Å². The van der Waals surface area contributed by atoms with Gasteiger partial charge in [0, 0.05) is 26.2 Å². The van der Waals surface area contributed by atoms with E-state index in [0.29, 0.717) is 16.5 Å². The lowest BCUT2D eigenvalue weighted by Gasteiger charge is -2.36. The van der Waals surface area contributed by atoms with Gasteiger partial charge in [-0.15, -0.1) is 0 Å². The number of hydrogen-bond acceptors (Lipinski definition) is 5. The second-order valence-electron chi connectivity index (χ2n) is 6.34. The molecule has 27 heavy (non-hydrogen) atoms. The molecule has 0 atom stereocenters. The van der Waals surface area contributed by atoms with E-state index < -0.39 is 10.0 Å². The molecule has 0 saturated carbocycles. The molecule has 0 amide bonds. The highest BCUT2D eigenvalue weighted by atomic mass is 35.5. The van der Waals surface area contributed by atoms with Gasteiger partial charge in [0.2, 0.25) is 0 Å². The van der Waals surface area contributed by atoms with Crippen LogP contribution in [0, 0.1) is 0 Å². The molecule has 1 heterocycles. The zero-order valence-corrected chi connectivity index (χ0v) is 17.1. The molecule has 3 rings (SSSR count). The summed E-state index contributed by atoms with van der Waals surface area (Å²) in [6.45, 7) is 6.59. The molecule has 146 valence electrons. The Bertz CT molecular complexity index is 880. The van der Waals surface area contributed by atoms with Gasteiger partial charge in [-0.25, -0.2) is 8.42 Å². The molecule has 0 spiro atoms. The number of nitrogens with one attached hydrogen (secondary N) is 1. The Morgan fingerprint density at radius 3 is 2.33 bits per heavy atom. The Kier molecular flexibility index (Phi) is 6.14. The van der Waals surface area contributed by atoms with Gasteiger partial charge in [0.1, 0.15) is 5.75 Å². The van der Waals surface area contributed by atoms with Gasteiger partial charge in [-0.1, -0.05) is 24.6 Å². The lowest BCUT2D eigenvalue weighted by atomic mass is 10.2. The third-order valence-electron chi connectivity index (χ3n) is 4.74. The van der Waals surface area contributed by atoms with Crippen molar-refractivity contribution in [2.45, 2.75) is 11.8 Å². The maximum absolute atomic E-state index is 12.8. The molecule has 1 aliphatic heterocycles. The molecule has 1 fully saturated rings. The van der Waals surface area contributed by atoms with E-state index in [1.54, 1.807) is 30.3 Å². The van der Waals surface area contributed by atoms with Crippen LogP contribution in [0.4, 0.5) is 11.4 Å². The number of ether oxygens (including phenoxy) is 1. The van der Waals surface area contributed by atoms with Crippen molar-refractivity contribution >= 4 is 33.0 Å². The van der Waals surface area contributed by atoms with Gasteiger partial charge in [0.25, 0.3) is 10.0 Å². The molecule has 6 nitrogen and oxygen atoms in total. The predicted octanol–water partition coefficient (Wildman–Crippen LogP) is 3.29. The Labute approximate surface area is 165 Å². The Morgan fingerprint density at radius 1 is 1.07 bits per heavy atom. The van der Waals surface area contributed by atoms with Crippen LogP contribution >= 0.6 is 11.6 Å². The monoisotopic (exact) mass is 409 g/mol. The van der Waals surface area contributed by atoms with E-state index in [-0.39, 0.29) is 4.90 Å². The van der Waals surface area contributed by atoms with E-state index in [1.807, 2.05) is 0 Å². The summed E-state index contributed by atoms with van der Waals surface area (Å²) in [5, 5.41) is 0.537. The molecular weight excluding hydrogens is 386 g/mol. The number of benzene rings is 2. The zero-order chi connectivity index (χ0) is 19.4. The summed E-state index contributed by atoms with van der Waals surface area (Å²) in [5.41, 5.74) is 1.22. The molecule has 0 unspecified atom stereocenters. The summed E-state index contributed by atoms with van der Waals surface area (Å²) in [4.78, 5) is 4.67. The van der Waals surface area contributed by atoms with E-state index in [1.165, 1.54) is 19.2 Å². The SMILES string of the molecule is CCN1CCN(c2c(Cl)cccc2NS(=O)(=O)c2ccc(OC)cc2)CC1. The number of anilines is 2. The van der Waals surface area contributed by atoms with Gasteiger partial charge in [-0.05, 0) is 42.9 Å². The molecule has 8 heteroatoms. The van der Waals surface area contributed by atoms with E-state index >= 15 is 0 Å². The fraction of sp³-hybridized carbons (Fsp3) is 0.368. The summed E-state index contributed by atoms with van der Waals surface area (Å²) < 4.78 is 33.4. The third kappa shape index (κ3) is 4.48. The zero-order valence-electron chi connectivity index (χ0n) is 15.5. The molecule has 1 N–H and O–H groups in total. The second-order valence-corrected chi connectivity index (χ2v) is 8.43. The van der Waals surface area contributed by atoms with E-state index in [0.717, 1.165) is 38.4 Å². The minimum absolute atomic E-state index is 0.171. The largest absolute Gasteiger partial charge is 0.497 e. The van der Waals surface area contributed by atoms with Crippen molar-refractivity contribution in [2.75, 3.05) is 49.5 Å². The van der Waals surface area contributed by atoms with Crippen molar-refractivity contribution in [1.82, 2.24) is 4.90 Å². The highest BCUT2D eigenvalue weighted by Crippen LogP contribution is 2.36. The Balaban J connectivity index is 1.87. The van der Waals surface area contributed by atoms with Crippen LogP contribution in [-0.4, -0.2) is 53.2 Å². The normalized spacial score (nSPS) is 15.6. The van der Waals surface area contributed by atoms with Crippen molar-refractivity contribution in [3.63, 3.8) is 0 Å². The van der Waals surface area contributed by atoms with Crippen LogP contribution in [0.3, 0.4) is 0 Å². The summed E-state index contributed by atoms with van der Waals surface area (Å²) in [7, 11) is -2.19. The first-order chi connectivity index (χ1) is 12.9. The molecule has 2 aromatic rings. The fourth-order valence-corrected chi connectivity index (χ4v) is 4.53. The highest BCUT2D eigenvalue weighted by Gasteiger charge is 2.23. The molecule has 1 aliphatic rings. The first-order valence-corrected chi connectivity index (χ1v) is 10.7. The minimum Gasteiger partial charge on any atom is -0.497 e. The van der Waals surface area contributed by atoms with E-state index in [4.69, 9.17) is 16.3 Å². The minimum atomic E-state index is -3.73. The number of hydrogen-bond donors (Lipinski definition) is 1. The van der Waals surface area contributed by atoms with Crippen LogP contribution in [0.1, 0.15) is 6.92 Å².